The number of hydrogen-bond acceptors (Lipinski definition) is 3. The zero-order valence-corrected chi connectivity index (χ0v) is 10.0. The van der Waals surface area contributed by atoms with Gasteiger partial charge in [-0.2, -0.15) is 0 Å². The van der Waals surface area contributed by atoms with Crippen LogP contribution in [0, 0.1) is 5.92 Å². The van der Waals surface area contributed by atoms with Crippen molar-refractivity contribution in [2.45, 2.75) is 19.9 Å². The van der Waals surface area contributed by atoms with Crippen molar-refractivity contribution < 1.29 is 4.79 Å². The molecule has 82 valence electrons. The third-order valence-electron chi connectivity index (χ3n) is 1.85. The SMILES string of the molecule is CC(CN(C)C)NC(=O)C(C)C(N)=S. The molecule has 5 heteroatoms. The number of nitrogens with two attached hydrogens (primary N) is 1. The van der Waals surface area contributed by atoms with Crippen molar-refractivity contribution >= 4 is 23.1 Å². The average molecular weight is 217 g/mol. The predicted molar refractivity (Wildman–Crippen MR) is 62.1 cm³/mol. The van der Waals surface area contributed by atoms with E-state index < -0.39 is 5.92 Å². The number of carbonyl (C=O) groups is 1. The smallest absolute Gasteiger partial charge is 0.229 e. The Morgan fingerprint density at radius 1 is 1.50 bits per heavy atom. The van der Waals surface area contributed by atoms with E-state index >= 15 is 0 Å². The van der Waals surface area contributed by atoms with E-state index in [1.54, 1.807) is 6.92 Å². The van der Waals surface area contributed by atoms with E-state index in [0.717, 1.165) is 6.54 Å². The minimum absolute atomic E-state index is 0.105. The Labute approximate surface area is 90.8 Å². The summed E-state index contributed by atoms with van der Waals surface area (Å²) < 4.78 is 0. The molecule has 0 aromatic heterocycles. The Morgan fingerprint density at radius 2 is 2.00 bits per heavy atom. The molecule has 0 heterocycles. The van der Waals surface area contributed by atoms with E-state index in [1.165, 1.54) is 0 Å². The maximum Gasteiger partial charge on any atom is 0.229 e. The van der Waals surface area contributed by atoms with Crippen LogP contribution in [0.3, 0.4) is 0 Å². The third-order valence-corrected chi connectivity index (χ3v) is 2.20. The molecule has 0 aliphatic heterocycles. The molecule has 3 N–H and O–H groups in total. The molecule has 0 bridgehead atoms. The van der Waals surface area contributed by atoms with Crippen LogP contribution in [-0.2, 0) is 4.79 Å². The maximum atomic E-state index is 11.5. The molecular formula is C9H19N3OS. The van der Waals surface area contributed by atoms with Crippen LogP contribution in [0.15, 0.2) is 0 Å². The molecule has 0 aromatic carbocycles. The van der Waals surface area contributed by atoms with Crippen molar-refractivity contribution in [1.82, 2.24) is 10.2 Å². The van der Waals surface area contributed by atoms with E-state index in [-0.39, 0.29) is 16.9 Å². The van der Waals surface area contributed by atoms with Gasteiger partial charge in [0, 0.05) is 12.6 Å². The van der Waals surface area contributed by atoms with Crippen LogP contribution in [0.4, 0.5) is 0 Å². The van der Waals surface area contributed by atoms with E-state index in [9.17, 15) is 4.79 Å². The fraction of sp³-hybridized carbons (Fsp3) is 0.778. The van der Waals surface area contributed by atoms with Crippen molar-refractivity contribution in [3.63, 3.8) is 0 Å². The number of likely N-dealkylation sites (N-methyl/N-ethyl adjacent to an activating group) is 1. The lowest BCUT2D eigenvalue weighted by Crippen LogP contribution is -2.44. The molecule has 0 fully saturated rings. The standard InChI is InChI=1S/C9H19N3OS/c1-6(5-12(3)4)11-9(13)7(2)8(10)14/h6-7H,5H2,1-4H3,(H2,10,14)(H,11,13). The predicted octanol–water partition coefficient (Wildman–Crippen LogP) is -0.0251. The number of thiocarbonyl (C=S) groups is 1. The van der Waals surface area contributed by atoms with Gasteiger partial charge in [0.15, 0.2) is 0 Å². The molecule has 2 atom stereocenters. The Kier molecular flexibility index (Phi) is 5.64. The molecule has 0 rings (SSSR count). The lowest BCUT2D eigenvalue weighted by Gasteiger charge is -2.20. The first-order valence-corrected chi connectivity index (χ1v) is 4.99. The fourth-order valence-electron chi connectivity index (χ4n) is 1.09. The monoisotopic (exact) mass is 217 g/mol. The summed E-state index contributed by atoms with van der Waals surface area (Å²) in [6, 6.07) is 0.106. The van der Waals surface area contributed by atoms with Crippen LogP contribution < -0.4 is 11.1 Å². The number of nitrogens with zero attached hydrogens (tertiary/aromatic N) is 1. The molecule has 0 spiro atoms. The van der Waals surface area contributed by atoms with Crippen LogP contribution in [0.1, 0.15) is 13.8 Å². The molecule has 4 nitrogen and oxygen atoms in total. The molecule has 0 aliphatic carbocycles. The maximum absolute atomic E-state index is 11.5. The minimum Gasteiger partial charge on any atom is -0.393 e. The van der Waals surface area contributed by atoms with Crippen LogP contribution in [0.5, 0.6) is 0 Å². The van der Waals surface area contributed by atoms with Gasteiger partial charge in [-0.15, -0.1) is 0 Å². The summed E-state index contributed by atoms with van der Waals surface area (Å²) in [5, 5.41) is 2.84. The number of nitrogens with one attached hydrogen (secondary N) is 1. The van der Waals surface area contributed by atoms with Gasteiger partial charge in [0.05, 0.1) is 10.9 Å². The molecule has 0 aliphatic rings. The molecular weight excluding hydrogens is 198 g/mol. The number of rotatable bonds is 5. The second-order valence-electron chi connectivity index (χ2n) is 3.80. The topological polar surface area (TPSA) is 58.4 Å². The number of hydrogen-bond donors (Lipinski definition) is 2. The molecule has 14 heavy (non-hydrogen) atoms. The fourth-order valence-corrected chi connectivity index (χ4v) is 1.20. The first-order valence-electron chi connectivity index (χ1n) is 4.59. The van der Waals surface area contributed by atoms with E-state index in [2.05, 4.69) is 5.32 Å². The van der Waals surface area contributed by atoms with Crippen LogP contribution >= 0.6 is 12.2 Å². The van der Waals surface area contributed by atoms with Crippen molar-refractivity contribution in [3.05, 3.63) is 0 Å². The Hall–Kier alpha value is -0.680. The van der Waals surface area contributed by atoms with Crippen molar-refractivity contribution in [3.8, 4) is 0 Å². The van der Waals surface area contributed by atoms with Gasteiger partial charge >= 0.3 is 0 Å². The van der Waals surface area contributed by atoms with Gasteiger partial charge in [-0.3, -0.25) is 4.79 Å². The lowest BCUT2D eigenvalue weighted by molar-refractivity contribution is -0.123. The van der Waals surface area contributed by atoms with Gasteiger partial charge in [0.25, 0.3) is 0 Å². The third kappa shape index (κ3) is 5.14. The first-order chi connectivity index (χ1) is 6.34. The van der Waals surface area contributed by atoms with Gasteiger partial charge in [-0.25, -0.2) is 0 Å². The molecule has 2 unspecified atom stereocenters. The normalized spacial score (nSPS) is 14.9. The zero-order chi connectivity index (χ0) is 11.3. The summed E-state index contributed by atoms with van der Waals surface area (Å²) in [5.74, 6) is -0.499. The highest BCUT2D eigenvalue weighted by atomic mass is 32.1. The summed E-state index contributed by atoms with van der Waals surface area (Å²) in [7, 11) is 3.92. The summed E-state index contributed by atoms with van der Waals surface area (Å²) in [5.41, 5.74) is 5.37. The Morgan fingerprint density at radius 3 is 2.36 bits per heavy atom. The number of carbonyl (C=O) groups excluding carboxylic acids is 1. The Balaban J connectivity index is 3.99. The van der Waals surface area contributed by atoms with Gasteiger partial charge in [-0.1, -0.05) is 12.2 Å². The summed E-state index contributed by atoms with van der Waals surface area (Å²) in [6.07, 6.45) is 0. The summed E-state index contributed by atoms with van der Waals surface area (Å²) in [6.45, 7) is 4.46. The molecule has 1 amide bonds. The first kappa shape index (κ1) is 13.3. The summed E-state index contributed by atoms with van der Waals surface area (Å²) in [4.78, 5) is 13.7. The largest absolute Gasteiger partial charge is 0.393 e. The molecule has 0 saturated heterocycles. The summed E-state index contributed by atoms with van der Waals surface area (Å²) >= 11 is 4.74. The van der Waals surface area contributed by atoms with Crippen molar-refractivity contribution in [1.29, 1.82) is 0 Å². The highest BCUT2D eigenvalue weighted by molar-refractivity contribution is 7.80. The minimum atomic E-state index is -0.394. The zero-order valence-electron chi connectivity index (χ0n) is 9.20. The van der Waals surface area contributed by atoms with Gasteiger partial charge < -0.3 is 16.0 Å². The second-order valence-corrected chi connectivity index (χ2v) is 4.27. The average Bonchev–Trinajstić information content (AvgIpc) is 2.00. The van der Waals surface area contributed by atoms with Crippen LogP contribution in [0.2, 0.25) is 0 Å². The van der Waals surface area contributed by atoms with Crippen molar-refractivity contribution in [2.24, 2.45) is 11.7 Å². The highest BCUT2D eigenvalue weighted by Crippen LogP contribution is 1.96. The van der Waals surface area contributed by atoms with Crippen LogP contribution in [0.25, 0.3) is 0 Å². The van der Waals surface area contributed by atoms with E-state index in [1.807, 2.05) is 25.9 Å². The number of amides is 1. The van der Waals surface area contributed by atoms with E-state index in [4.69, 9.17) is 18.0 Å². The van der Waals surface area contributed by atoms with Gasteiger partial charge in [-0.05, 0) is 27.9 Å². The molecule has 0 saturated carbocycles. The van der Waals surface area contributed by atoms with Crippen LogP contribution in [-0.4, -0.2) is 42.5 Å². The second kappa shape index (κ2) is 5.93. The van der Waals surface area contributed by atoms with Gasteiger partial charge in [0.1, 0.15) is 0 Å². The van der Waals surface area contributed by atoms with E-state index in [0.29, 0.717) is 0 Å². The lowest BCUT2D eigenvalue weighted by atomic mass is 10.1. The highest BCUT2D eigenvalue weighted by Gasteiger charge is 2.17. The molecule has 0 radical (unpaired) electrons. The van der Waals surface area contributed by atoms with Gasteiger partial charge in [0.2, 0.25) is 5.91 Å². The Bertz CT molecular complexity index is 218. The molecule has 0 aromatic rings. The quantitative estimate of drug-likeness (QED) is 0.635. The van der Waals surface area contributed by atoms with Crippen molar-refractivity contribution in [2.75, 3.05) is 20.6 Å².